The Morgan fingerprint density at radius 1 is 1.12 bits per heavy atom. The first-order valence-electron chi connectivity index (χ1n) is 6.79. The zero-order valence-electron chi connectivity index (χ0n) is 10.1. The fraction of sp³-hybridized carbons (Fsp3) is 0.923. The van der Waals surface area contributed by atoms with Gasteiger partial charge in [-0.2, -0.15) is 0 Å². The Morgan fingerprint density at radius 3 is 2.56 bits per heavy atom. The Bertz CT molecular complexity index is 236. The Labute approximate surface area is 98.2 Å². The number of hydrogen-bond acceptors (Lipinski definition) is 2. The van der Waals surface area contributed by atoms with Crippen LogP contribution in [0.25, 0.3) is 0 Å². The van der Waals surface area contributed by atoms with Gasteiger partial charge in [0.2, 0.25) is 5.91 Å². The highest BCUT2D eigenvalue weighted by molar-refractivity contribution is 5.78. The Kier molecular flexibility index (Phi) is 4.22. The standard InChI is InChI=1S/C13H24N2O/c14-12-7-3-4-10(8-12)9-15-13(16)11-5-1-2-6-11/h10-12H,1-9,14H2,(H,15,16). The van der Waals surface area contributed by atoms with Crippen molar-refractivity contribution in [1.82, 2.24) is 5.32 Å². The van der Waals surface area contributed by atoms with Crippen LogP contribution in [0.5, 0.6) is 0 Å². The van der Waals surface area contributed by atoms with Crippen molar-refractivity contribution in [2.24, 2.45) is 17.6 Å². The minimum absolute atomic E-state index is 0.289. The van der Waals surface area contributed by atoms with Gasteiger partial charge < -0.3 is 11.1 Å². The van der Waals surface area contributed by atoms with Crippen LogP contribution in [0, 0.1) is 11.8 Å². The van der Waals surface area contributed by atoms with Crippen molar-refractivity contribution in [2.75, 3.05) is 6.54 Å². The smallest absolute Gasteiger partial charge is 0.223 e. The first kappa shape index (κ1) is 11.9. The molecule has 2 fully saturated rings. The van der Waals surface area contributed by atoms with E-state index in [0.717, 1.165) is 32.2 Å². The topological polar surface area (TPSA) is 55.1 Å². The van der Waals surface area contributed by atoms with E-state index >= 15 is 0 Å². The monoisotopic (exact) mass is 224 g/mol. The summed E-state index contributed by atoms with van der Waals surface area (Å²) in [6, 6.07) is 0.363. The van der Waals surface area contributed by atoms with Crippen molar-refractivity contribution in [1.29, 1.82) is 0 Å². The van der Waals surface area contributed by atoms with E-state index in [1.165, 1.54) is 25.7 Å². The number of rotatable bonds is 3. The summed E-state index contributed by atoms with van der Waals surface area (Å²) in [7, 11) is 0. The molecule has 2 atom stereocenters. The van der Waals surface area contributed by atoms with Gasteiger partial charge in [0.15, 0.2) is 0 Å². The van der Waals surface area contributed by atoms with Gasteiger partial charge in [-0.25, -0.2) is 0 Å². The molecule has 0 aromatic heterocycles. The van der Waals surface area contributed by atoms with Gasteiger partial charge in [-0.3, -0.25) is 4.79 Å². The van der Waals surface area contributed by atoms with Crippen LogP contribution in [0.1, 0.15) is 51.4 Å². The fourth-order valence-corrected chi connectivity index (χ4v) is 3.10. The number of carbonyl (C=O) groups is 1. The molecule has 0 aliphatic heterocycles. The minimum atomic E-state index is 0.289. The summed E-state index contributed by atoms with van der Waals surface area (Å²) in [5, 5.41) is 3.12. The summed E-state index contributed by atoms with van der Waals surface area (Å²) in [5.74, 6) is 1.21. The second kappa shape index (κ2) is 5.67. The summed E-state index contributed by atoms with van der Waals surface area (Å²) in [6.07, 6.45) is 9.35. The maximum atomic E-state index is 11.8. The zero-order chi connectivity index (χ0) is 11.4. The maximum absolute atomic E-state index is 11.8. The lowest BCUT2D eigenvalue weighted by Gasteiger charge is -2.27. The molecule has 0 saturated heterocycles. The molecule has 0 spiro atoms. The number of hydrogen-bond donors (Lipinski definition) is 2. The predicted molar refractivity (Wildman–Crippen MR) is 64.9 cm³/mol. The molecule has 0 aromatic carbocycles. The van der Waals surface area contributed by atoms with Gasteiger partial charge in [0.05, 0.1) is 0 Å². The number of nitrogens with two attached hydrogens (primary N) is 1. The molecule has 1 amide bonds. The highest BCUT2D eigenvalue weighted by Crippen LogP contribution is 2.25. The van der Waals surface area contributed by atoms with Gasteiger partial charge in [0, 0.05) is 18.5 Å². The third-order valence-corrected chi connectivity index (χ3v) is 4.11. The van der Waals surface area contributed by atoms with E-state index in [0.29, 0.717) is 17.9 Å². The molecule has 2 unspecified atom stereocenters. The Morgan fingerprint density at radius 2 is 1.88 bits per heavy atom. The van der Waals surface area contributed by atoms with Crippen LogP contribution in [-0.4, -0.2) is 18.5 Å². The van der Waals surface area contributed by atoms with Gasteiger partial charge in [-0.1, -0.05) is 19.3 Å². The van der Waals surface area contributed by atoms with Crippen molar-refractivity contribution in [3.63, 3.8) is 0 Å². The van der Waals surface area contributed by atoms with E-state index in [1.807, 2.05) is 0 Å². The van der Waals surface area contributed by atoms with Crippen LogP contribution in [0.2, 0.25) is 0 Å². The van der Waals surface area contributed by atoms with Crippen LogP contribution in [0.4, 0.5) is 0 Å². The van der Waals surface area contributed by atoms with E-state index < -0.39 is 0 Å². The van der Waals surface area contributed by atoms with Crippen molar-refractivity contribution in [2.45, 2.75) is 57.4 Å². The summed E-state index contributed by atoms with van der Waals surface area (Å²) in [4.78, 5) is 11.8. The molecule has 3 N–H and O–H groups in total. The zero-order valence-corrected chi connectivity index (χ0v) is 10.1. The van der Waals surface area contributed by atoms with Gasteiger partial charge in [0.1, 0.15) is 0 Å². The van der Waals surface area contributed by atoms with E-state index in [4.69, 9.17) is 5.73 Å². The number of nitrogens with one attached hydrogen (secondary N) is 1. The first-order valence-corrected chi connectivity index (χ1v) is 6.79. The van der Waals surface area contributed by atoms with Crippen LogP contribution in [0.15, 0.2) is 0 Å². The third-order valence-electron chi connectivity index (χ3n) is 4.11. The number of carbonyl (C=O) groups excluding carboxylic acids is 1. The second-order valence-electron chi connectivity index (χ2n) is 5.52. The molecule has 2 saturated carbocycles. The lowest BCUT2D eigenvalue weighted by atomic mass is 9.86. The predicted octanol–water partition coefficient (Wildman–Crippen LogP) is 1.81. The fourth-order valence-electron chi connectivity index (χ4n) is 3.10. The Balaban J connectivity index is 1.67. The molecular formula is C13H24N2O. The molecule has 0 bridgehead atoms. The average Bonchev–Trinajstić information content (AvgIpc) is 2.79. The lowest BCUT2D eigenvalue weighted by molar-refractivity contribution is -0.125. The molecule has 2 rings (SSSR count). The van der Waals surface area contributed by atoms with E-state index in [9.17, 15) is 4.79 Å². The number of amides is 1. The molecule has 92 valence electrons. The first-order chi connectivity index (χ1) is 7.75. The summed E-state index contributed by atoms with van der Waals surface area (Å²) in [6.45, 7) is 0.850. The molecule has 0 heterocycles. The molecule has 2 aliphatic carbocycles. The third kappa shape index (κ3) is 3.21. The molecule has 2 aliphatic rings. The average molecular weight is 224 g/mol. The van der Waals surface area contributed by atoms with E-state index in [-0.39, 0.29) is 5.91 Å². The molecular weight excluding hydrogens is 200 g/mol. The largest absolute Gasteiger partial charge is 0.356 e. The van der Waals surface area contributed by atoms with Crippen LogP contribution in [0.3, 0.4) is 0 Å². The van der Waals surface area contributed by atoms with Crippen molar-refractivity contribution in [3.8, 4) is 0 Å². The van der Waals surface area contributed by atoms with Crippen molar-refractivity contribution >= 4 is 5.91 Å². The lowest BCUT2D eigenvalue weighted by Crippen LogP contribution is -2.37. The van der Waals surface area contributed by atoms with Crippen molar-refractivity contribution in [3.05, 3.63) is 0 Å². The van der Waals surface area contributed by atoms with E-state index in [2.05, 4.69) is 5.32 Å². The summed E-state index contributed by atoms with van der Waals surface area (Å²) in [5.41, 5.74) is 5.94. The normalized spacial score (nSPS) is 31.6. The molecule has 0 aromatic rings. The van der Waals surface area contributed by atoms with E-state index in [1.54, 1.807) is 0 Å². The Hall–Kier alpha value is -0.570. The second-order valence-corrected chi connectivity index (χ2v) is 5.52. The quantitative estimate of drug-likeness (QED) is 0.768. The van der Waals surface area contributed by atoms with Gasteiger partial charge in [-0.15, -0.1) is 0 Å². The van der Waals surface area contributed by atoms with Crippen LogP contribution < -0.4 is 11.1 Å². The summed E-state index contributed by atoms with van der Waals surface area (Å²) >= 11 is 0. The molecule has 0 radical (unpaired) electrons. The van der Waals surface area contributed by atoms with Gasteiger partial charge >= 0.3 is 0 Å². The summed E-state index contributed by atoms with van der Waals surface area (Å²) < 4.78 is 0. The van der Waals surface area contributed by atoms with Crippen LogP contribution in [-0.2, 0) is 4.79 Å². The molecule has 3 heteroatoms. The molecule has 3 nitrogen and oxygen atoms in total. The minimum Gasteiger partial charge on any atom is -0.356 e. The SMILES string of the molecule is NC1CCCC(CNC(=O)C2CCCC2)C1. The van der Waals surface area contributed by atoms with Gasteiger partial charge in [0.25, 0.3) is 0 Å². The maximum Gasteiger partial charge on any atom is 0.223 e. The van der Waals surface area contributed by atoms with Gasteiger partial charge in [-0.05, 0) is 38.0 Å². The highest BCUT2D eigenvalue weighted by Gasteiger charge is 2.24. The van der Waals surface area contributed by atoms with Crippen molar-refractivity contribution < 1.29 is 4.79 Å². The van der Waals surface area contributed by atoms with Crippen LogP contribution >= 0.6 is 0 Å². The highest BCUT2D eigenvalue weighted by atomic mass is 16.1. The molecule has 16 heavy (non-hydrogen) atoms.